The summed E-state index contributed by atoms with van der Waals surface area (Å²) in [7, 11) is 0. The van der Waals surface area contributed by atoms with Gasteiger partial charge in [-0.3, -0.25) is 14.4 Å². The summed E-state index contributed by atoms with van der Waals surface area (Å²) in [4.78, 5) is 33.3. The highest BCUT2D eigenvalue weighted by Crippen LogP contribution is 2.28. The van der Waals surface area contributed by atoms with Crippen LogP contribution in [0.25, 0.3) is 0 Å². The minimum absolute atomic E-state index is 0.00685. The van der Waals surface area contributed by atoms with Gasteiger partial charge in [0, 0.05) is 18.7 Å². The first-order valence-corrected chi connectivity index (χ1v) is 8.56. The van der Waals surface area contributed by atoms with Gasteiger partial charge in [0.2, 0.25) is 11.8 Å². The average Bonchev–Trinajstić information content (AvgIpc) is 2.95. The molecular weight excluding hydrogens is 292 g/mol. The minimum atomic E-state index is -0.860. The molecule has 1 rings (SSSR count). The number of thioether (sulfide) groups is 1. The first kappa shape index (κ1) is 17.8. The van der Waals surface area contributed by atoms with Crippen molar-refractivity contribution in [2.45, 2.75) is 38.5 Å². The second-order valence-corrected chi connectivity index (χ2v) is 6.37. The third-order valence-electron chi connectivity index (χ3n) is 3.49. The van der Waals surface area contributed by atoms with Crippen LogP contribution in [0.3, 0.4) is 0 Å². The molecule has 0 atom stereocenters. The third kappa shape index (κ3) is 9.33. The molecule has 120 valence electrons. The van der Waals surface area contributed by atoms with Crippen LogP contribution in [0, 0.1) is 5.92 Å². The van der Waals surface area contributed by atoms with Crippen LogP contribution in [0.15, 0.2) is 0 Å². The lowest BCUT2D eigenvalue weighted by atomic mass is 10.0. The Morgan fingerprint density at radius 2 is 1.81 bits per heavy atom. The van der Waals surface area contributed by atoms with Gasteiger partial charge < -0.3 is 15.7 Å². The first-order chi connectivity index (χ1) is 10.1. The summed E-state index contributed by atoms with van der Waals surface area (Å²) in [5.41, 5.74) is 0. The smallest absolute Gasteiger partial charge is 0.313 e. The Bertz CT molecular complexity index is 357. The monoisotopic (exact) mass is 316 g/mol. The molecule has 0 bridgehead atoms. The van der Waals surface area contributed by atoms with E-state index < -0.39 is 5.97 Å². The van der Waals surface area contributed by atoms with Crippen molar-refractivity contribution >= 4 is 29.5 Å². The highest BCUT2D eigenvalue weighted by atomic mass is 32.2. The summed E-state index contributed by atoms with van der Waals surface area (Å²) in [6.07, 6.45) is 6.40. The molecule has 0 radical (unpaired) electrons. The van der Waals surface area contributed by atoms with Crippen molar-refractivity contribution in [3.05, 3.63) is 0 Å². The Hall–Kier alpha value is -1.24. The summed E-state index contributed by atoms with van der Waals surface area (Å²) in [5, 5.41) is 13.7. The molecule has 3 N–H and O–H groups in total. The molecule has 1 fully saturated rings. The van der Waals surface area contributed by atoms with Gasteiger partial charge >= 0.3 is 5.97 Å². The lowest BCUT2D eigenvalue weighted by Crippen LogP contribution is -2.37. The van der Waals surface area contributed by atoms with Crippen molar-refractivity contribution < 1.29 is 19.5 Å². The molecule has 0 heterocycles. The number of hydrogen-bond acceptors (Lipinski definition) is 4. The van der Waals surface area contributed by atoms with Gasteiger partial charge in [0.1, 0.15) is 0 Å². The van der Waals surface area contributed by atoms with Gasteiger partial charge in [-0.2, -0.15) is 0 Å². The summed E-state index contributed by atoms with van der Waals surface area (Å²) in [5.74, 6) is 0.0932. The number of carboxylic acids is 1. The zero-order chi connectivity index (χ0) is 15.5. The van der Waals surface area contributed by atoms with Gasteiger partial charge in [-0.05, 0) is 12.3 Å². The molecule has 6 nitrogen and oxygen atoms in total. The van der Waals surface area contributed by atoms with E-state index in [-0.39, 0.29) is 24.1 Å². The van der Waals surface area contributed by atoms with Crippen LogP contribution in [0.4, 0.5) is 0 Å². The Morgan fingerprint density at radius 1 is 1.10 bits per heavy atom. The third-order valence-corrected chi connectivity index (χ3v) is 4.44. The SMILES string of the molecule is O=C(O)CSCCNC(=O)CNC(=O)CCC1CCCC1. The molecule has 0 unspecified atom stereocenters. The van der Waals surface area contributed by atoms with E-state index in [0.717, 1.165) is 6.42 Å². The zero-order valence-electron chi connectivity index (χ0n) is 12.2. The fourth-order valence-electron chi connectivity index (χ4n) is 2.39. The van der Waals surface area contributed by atoms with Crippen molar-refractivity contribution in [2.24, 2.45) is 5.92 Å². The number of rotatable bonds is 10. The maximum absolute atomic E-state index is 11.6. The fourth-order valence-corrected chi connectivity index (χ4v) is 2.95. The quantitative estimate of drug-likeness (QED) is 0.523. The molecule has 1 aliphatic carbocycles. The van der Waals surface area contributed by atoms with E-state index in [1.807, 2.05) is 0 Å². The number of carbonyl (C=O) groups is 3. The predicted octanol–water partition coefficient (Wildman–Crippen LogP) is 1.01. The second-order valence-electron chi connectivity index (χ2n) is 5.26. The summed E-state index contributed by atoms with van der Waals surface area (Å²) in [6, 6.07) is 0. The number of amides is 2. The standard InChI is InChI=1S/C14H24N2O4S/c17-12(6-5-11-3-1-2-4-11)16-9-13(18)15-7-8-21-10-14(19)20/h11H,1-10H2,(H,15,18)(H,16,17)(H,19,20). The molecule has 1 saturated carbocycles. The number of carbonyl (C=O) groups excluding carboxylic acids is 2. The van der Waals surface area contributed by atoms with Crippen LogP contribution in [0.1, 0.15) is 38.5 Å². The van der Waals surface area contributed by atoms with E-state index in [2.05, 4.69) is 10.6 Å². The van der Waals surface area contributed by atoms with E-state index in [9.17, 15) is 14.4 Å². The van der Waals surface area contributed by atoms with E-state index in [1.165, 1.54) is 37.4 Å². The largest absolute Gasteiger partial charge is 0.481 e. The van der Waals surface area contributed by atoms with Crippen molar-refractivity contribution in [3.63, 3.8) is 0 Å². The Labute approximate surface area is 129 Å². The van der Waals surface area contributed by atoms with Crippen LogP contribution in [-0.4, -0.2) is 47.5 Å². The fraction of sp³-hybridized carbons (Fsp3) is 0.786. The van der Waals surface area contributed by atoms with Gasteiger partial charge in [0.15, 0.2) is 0 Å². The first-order valence-electron chi connectivity index (χ1n) is 7.41. The molecule has 2 amide bonds. The van der Waals surface area contributed by atoms with Crippen LogP contribution in [0.5, 0.6) is 0 Å². The maximum Gasteiger partial charge on any atom is 0.313 e. The Kier molecular flexibility index (Phi) is 8.89. The molecule has 7 heteroatoms. The zero-order valence-corrected chi connectivity index (χ0v) is 13.0. The normalized spacial score (nSPS) is 14.9. The van der Waals surface area contributed by atoms with Gasteiger partial charge in [-0.15, -0.1) is 11.8 Å². The topological polar surface area (TPSA) is 95.5 Å². The van der Waals surface area contributed by atoms with Crippen molar-refractivity contribution in [2.75, 3.05) is 24.6 Å². The van der Waals surface area contributed by atoms with E-state index in [1.54, 1.807) is 0 Å². The predicted molar refractivity (Wildman–Crippen MR) is 82.2 cm³/mol. The molecule has 0 aliphatic heterocycles. The van der Waals surface area contributed by atoms with Crippen molar-refractivity contribution in [1.82, 2.24) is 10.6 Å². The Balaban J connectivity index is 1.96. The molecule has 0 spiro atoms. The van der Waals surface area contributed by atoms with Crippen molar-refractivity contribution in [1.29, 1.82) is 0 Å². The molecule has 1 aliphatic rings. The number of nitrogens with one attached hydrogen (secondary N) is 2. The Morgan fingerprint density at radius 3 is 2.48 bits per heavy atom. The minimum Gasteiger partial charge on any atom is -0.481 e. The van der Waals surface area contributed by atoms with Crippen LogP contribution < -0.4 is 10.6 Å². The maximum atomic E-state index is 11.6. The van der Waals surface area contributed by atoms with Gasteiger partial charge in [-0.25, -0.2) is 0 Å². The average molecular weight is 316 g/mol. The highest BCUT2D eigenvalue weighted by Gasteiger charge is 2.16. The lowest BCUT2D eigenvalue weighted by molar-refractivity contribution is -0.134. The van der Waals surface area contributed by atoms with E-state index in [0.29, 0.717) is 24.6 Å². The molecule has 0 saturated heterocycles. The van der Waals surface area contributed by atoms with Crippen molar-refractivity contribution in [3.8, 4) is 0 Å². The number of carboxylic acid groups (broad SMARTS) is 1. The summed E-state index contributed by atoms with van der Waals surface area (Å²) in [6.45, 7) is 0.405. The van der Waals surface area contributed by atoms with Crippen LogP contribution in [-0.2, 0) is 14.4 Å². The lowest BCUT2D eigenvalue weighted by Gasteiger charge is -2.09. The molecule has 0 aromatic heterocycles. The van der Waals surface area contributed by atoms with Crippen LogP contribution in [0.2, 0.25) is 0 Å². The summed E-state index contributed by atoms with van der Waals surface area (Å²) < 4.78 is 0. The molecule has 0 aromatic rings. The molecule has 21 heavy (non-hydrogen) atoms. The number of aliphatic carboxylic acids is 1. The number of hydrogen-bond donors (Lipinski definition) is 3. The van der Waals surface area contributed by atoms with E-state index >= 15 is 0 Å². The van der Waals surface area contributed by atoms with E-state index in [4.69, 9.17) is 5.11 Å². The van der Waals surface area contributed by atoms with Crippen LogP contribution >= 0.6 is 11.8 Å². The molecular formula is C14H24N2O4S. The second kappa shape index (κ2) is 10.5. The van der Waals surface area contributed by atoms with Gasteiger partial charge in [0.25, 0.3) is 0 Å². The highest BCUT2D eigenvalue weighted by molar-refractivity contribution is 7.99. The summed E-state index contributed by atoms with van der Waals surface area (Å²) >= 11 is 1.25. The van der Waals surface area contributed by atoms with Gasteiger partial charge in [0.05, 0.1) is 12.3 Å². The van der Waals surface area contributed by atoms with Gasteiger partial charge in [-0.1, -0.05) is 25.7 Å². The molecule has 0 aromatic carbocycles.